The molecule has 0 amide bonds. The molecule has 2 fully saturated rings. The van der Waals surface area contributed by atoms with Crippen LogP contribution in [0.2, 0.25) is 0 Å². The Morgan fingerprint density at radius 3 is 2.42 bits per heavy atom. The number of fused-ring (bicyclic) bond motifs is 2. The van der Waals surface area contributed by atoms with Gasteiger partial charge in [0.1, 0.15) is 12.1 Å². The second kappa shape index (κ2) is 4.32. The van der Waals surface area contributed by atoms with E-state index < -0.39 is 5.60 Å². The van der Waals surface area contributed by atoms with Crippen LogP contribution in [0.1, 0.15) is 60.8 Å². The van der Waals surface area contributed by atoms with Gasteiger partial charge in [0, 0.05) is 11.1 Å². The van der Waals surface area contributed by atoms with Crippen molar-refractivity contribution >= 4 is 11.7 Å². The van der Waals surface area contributed by atoms with E-state index in [1.807, 2.05) is 20.8 Å². The summed E-state index contributed by atoms with van der Waals surface area (Å²) in [5.74, 6) is 0.513. The summed E-state index contributed by atoms with van der Waals surface area (Å²) in [5.41, 5.74) is 1.31. The molecule has 0 N–H and O–H groups in total. The molecule has 0 aromatic heterocycles. The molecule has 0 aromatic carbocycles. The van der Waals surface area contributed by atoms with Gasteiger partial charge >= 0.3 is 5.97 Å². The van der Waals surface area contributed by atoms with E-state index in [2.05, 4.69) is 25.8 Å². The zero-order valence-corrected chi connectivity index (χ0v) is 13.2. The summed E-state index contributed by atoms with van der Waals surface area (Å²) >= 11 is 0. The average Bonchev–Trinajstić information content (AvgIpc) is 2.56. The van der Waals surface area contributed by atoms with Gasteiger partial charge < -0.3 is 4.74 Å². The molecular formula is C16H27NO2. The summed E-state index contributed by atoms with van der Waals surface area (Å²) in [6, 6.07) is 0. The van der Waals surface area contributed by atoms with Crippen LogP contribution in [0.4, 0.5) is 0 Å². The first kappa shape index (κ1) is 14.5. The van der Waals surface area contributed by atoms with Gasteiger partial charge in [0.05, 0.1) is 0 Å². The van der Waals surface area contributed by atoms with Gasteiger partial charge in [-0.2, -0.15) is 0 Å². The summed E-state index contributed by atoms with van der Waals surface area (Å²) in [4.78, 5) is 16.4. The highest BCUT2D eigenvalue weighted by molar-refractivity contribution is 5.95. The standard InChI is InChI=1S/C16H27NO2/c1-14(2,3)19-13(18)10-17-12-9-11-7-8-16(12,6)15(11,4)5/h11H,7-10H2,1-6H3/b17-12-. The topological polar surface area (TPSA) is 38.7 Å². The Balaban J connectivity index is 2.05. The van der Waals surface area contributed by atoms with E-state index in [9.17, 15) is 4.79 Å². The molecule has 2 unspecified atom stereocenters. The number of aliphatic imine (C=N–C) groups is 1. The van der Waals surface area contributed by atoms with Crippen molar-refractivity contribution in [2.75, 3.05) is 6.54 Å². The van der Waals surface area contributed by atoms with Crippen molar-refractivity contribution in [2.24, 2.45) is 21.7 Å². The molecule has 2 aliphatic carbocycles. The van der Waals surface area contributed by atoms with Crippen LogP contribution in [0.15, 0.2) is 4.99 Å². The molecule has 19 heavy (non-hydrogen) atoms. The fraction of sp³-hybridized carbons (Fsp3) is 0.875. The lowest BCUT2D eigenvalue weighted by molar-refractivity contribution is -0.152. The third-order valence-electron chi connectivity index (χ3n) is 5.33. The normalized spacial score (nSPS) is 34.8. The first-order chi connectivity index (χ1) is 8.56. The minimum atomic E-state index is -0.422. The quantitative estimate of drug-likeness (QED) is 0.715. The molecule has 2 aliphatic rings. The largest absolute Gasteiger partial charge is 0.459 e. The van der Waals surface area contributed by atoms with Crippen LogP contribution < -0.4 is 0 Å². The van der Waals surface area contributed by atoms with Crippen molar-refractivity contribution in [3.05, 3.63) is 0 Å². The molecule has 0 saturated heterocycles. The van der Waals surface area contributed by atoms with Gasteiger partial charge in [-0.1, -0.05) is 20.8 Å². The molecule has 2 bridgehead atoms. The number of carbonyl (C=O) groups is 1. The summed E-state index contributed by atoms with van der Waals surface area (Å²) < 4.78 is 5.32. The van der Waals surface area contributed by atoms with Crippen LogP contribution in [-0.2, 0) is 9.53 Å². The monoisotopic (exact) mass is 265 g/mol. The second-order valence-electron chi connectivity index (χ2n) is 7.84. The second-order valence-corrected chi connectivity index (χ2v) is 7.84. The molecule has 0 radical (unpaired) electrons. The smallest absolute Gasteiger partial charge is 0.328 e. The predicted octanol–water partition coefficient (Wildman–Crippen LogP) is 3.62. The van der Waals surface area contributed by atoms with E-state index in [1.165, 1.54) is 18.6 Å². The number of nitrogens with zero attached hydrogens (tertiary/aromatic N) is 1. The Labute approximate surface area is 116 Å². The molecule has 0 aliphatic heterocycles. The van der Waals surface area contributed by atoms with Crippen LogP contribution in [0, 0.1) is 16.7 Å². The zero-order chi connectivity index (χ0) is 14.5. The Hall–Kier alpha value is -0.860. The van der Waals surface area contributed by atoms with Gasteiger partial charge in [0.25, 0.3) is 0 Å². The SMILES string of the molecule is CC(C)(C)OC(=O)C/N=C1/CC2CCC1(C)C2(C)C. The molecule has 3 nitrogen and oxygen atoms in total. The van der Waals surface area contributed by atoms with Gasteiger partial charge in [-0.3, -0.25) is 9.79 Å². The maximum atomic E-state index is 11.8. The summed E-state index contributed by atoms with van der Waals surface area (Å²) in [6.07, 6.45) is 3.57. The minimum absolute atomic E-state index is 0.172. The van der Waals surface area contributed by atoms with Gasteiger partial charge in [-0.25, -0.2) is 0 Å². The molecule has 2 atom stereocenters. The number of carbonyl (C=O) groups excluding carboxylic acids is 1. The third-order valence-corrected chi connectivity index (χ3v) is 5.33. The lowest BCUT2D eigenvalue weighted by Gasteiger charge is -2.34. The molecule has 0 spiro atoms. The van der Waals surface area contributed by atoms with E-state index >= 15 is 0 Å². The van der Waals surface area contributed by atoms with Crippen LogP contribution in [-0.4, -0.2) is 23.8 Å². The summed E-state index contributed by atoms with van der Waals surface area (Å²) in [6.45, 7) is 12.8. The number of ether oxygens (including phenoxy) is 1. The van der Waals surface area contributed by atoms with Gasteiger partial charge in [-0.05, 0) is 51.4 Å². The minimum Gasteiger partial charge on any atom is -0.459 e. The number of esters is 1. The van der Waals surface area contributed by atoms with Crippen LogP contribution in [0.3, 0.4) is 0 Å². The van der Waals surface area contributed by atoms with Crippen molar-refractivity contribution in [1.82, 2.24) is 0 Å². The van der Waals surface area contributed by atoms with Crippen molar-refractivity contribution in [1.29, 1.82) is 0 Å². The van der Waals surface area contributed by atoms with Gasteiger partial charge in [0.2, 0.25) is 0 Å². The molecule has 0 aromatic rings. The molecule has 108 valence electrons. The molecule has 2 rings (SSSR count). The van der Waals surface area contributed by atoms with Crippen LogP contribution in [0.25, 0.3) is 0 Å². The van der Waals surface area contributed by atoms with Crippen molar-refractivity contribution in [3.8, 4) is 0 Å². The average molecular weight is 265 g/mol. The fourth-order valence-corrected chi connectivity index (χ4v) is 3.70. The van der Waals surface area contributed by atoms with E-state index in [-0.39, 0.29) is 17.9 Å². The Morgan fingerprint density at radius 1 is 1.37 bits per heavy atom. The predicted molar refractivity (Wildman–Crippen MR) is 77.4 cm³/mol. The Bertz CT molecular complexity index is 417. The van der Waals surface area contributed by atoms with Crippen LogP contribution in [0.5, 0.6) is 0 Å². The first-order valence-electron chi connectivity index (χ1n) is 7.32. The number of hydrogen-bond acceptors (Lipinski definition) is 3. The molecule has 2 saturated carbocycles. The first-order valence-corrected chi connectivity index (χ1v) is 7.32. The molecule has 3 heteroatoms. The van der Waals surface area contributed by atoms with Gasteiger partial charge in [0.15, 0.2) is 0 Å². The fourth-order valence-electron chi connectivity index (χ4n) is 3.70. The number of hydrogen-bond donors (Lipinski definition) is 0. The molecule has 0 heterocycles. The third kappa shape index (κ3) is 2.44. The highest BCUT2D eigenvalue weighted by Gasteiger charge is 2.59. The number of rotatable bonds is 2. The van der Waals surface area contributed by atoms with Crippen molar-refractivity contribution < 1.29 is 9.53 Å². The van der Waals surface area contributed by atoms with E-state index in [0.29, 0.717) is 5.41 Å². The summed E-state index contributed by atoms with van der Waals surface area (Å²) in [7, 11) is 0. The summed E-state index contributed by atoms with van der Waals surface area (Å²) in [5, 5.41) is 0. The van der Waals surface area contributed by atoms with Gasteiger partial charge in [-0.15, -0.1) is 0 Å². The Morgan fingerprint density at radius 2 is 2.00 bits per heavy atom. The van der Waals surface area contributed by atoms with Crippen molar-refractivity contribution in [2.45, 2.75) is 66.4 Å². The Kier molecular flexibility index (Phi) is 3.31. The van der Waals surface area contributed by atoms with E-state index in [4.69, 9.17) is 4.74 Å². The molecular weight excluding hydrogens is 238 g/mol. The highest BCUT2D eigenvalue weighted by Crippen LogP contribution is 2.63. The van der Waals surface area contributed by atoms with E-state index in [0.717, 1.165) is 12.3 Å². The maximum absolute atomic E-state index is 11.8. The lowest BCUT2D eigenvalue weighted by atomic mass is 9.70. The van der Waals surface area contributed by atoms with Crippen molar-refractivity contribution in [3.63, 3.8) is 0 Å². The van der Waals surface area contributed by atoms with Crippen LogP contribution >= 0.6 is 0 Å². The maximum Gasteiger partial charge on any atom is 0.328 e. The zero-order valence-electron chi connectivity index (χ0n) is 13.2. The lowest BCUT2D eigenvalue weighted by Crippen LogP contribution is -2.33. The van der Waals surface area contributed by atoms with E-state index in [1.54, 1.807) is 0 Å². The highest BCUT2D eigenvalue weighted by atomic mass is 16.6.